The van der Waals surface area contributed by atoms with Crippen LogP contribution in [0.4, 0.5) is 0 Å². The zero-order valence-electron chi connectivity index (χ0n) is 26.8. The molecule has 44 heavy (non-hydrogen) atoms. The molecule has 0 unspecified atom stereocenters. The molecular weight excluding hydrogens is 552 g/mol. The molecule has 236 valence electrons. The number of nitrogens with zero attached hydrogens (tertiary/aromatic N) is 1. The molecule has 1 atom stereocenters. The van der Waals surface area contributed by atoms with Crippen LogP contribution >= 0.6 is 0 Å². The van der Waals surface area contributed by atoms with Crippen LogP contribution in [0, 0.1) is 0 Å². The molecule has 1 aromatic heterocycles. The van der Waals surface area contributed by atoms with Crippen LogP contribution in [0.2, 0.25) is 0 Å². The summed E-state index contributed by atoms with van der Waals surface area (Å²) in [5.41, 5.74) is 3.69. The Morgan fingerprint density at radius 1 is 0.864 bits per heavy atom. The Morgan fingerprint density at radius 3 is 2.09 bits per heavy atom. The molecule has 0 spiro atoms. The molecule has 7 nitrogen and oxygen atoms in total. The highest BCUT2D eigenvalue weighted by molar-refractivity contribution is 5.79. The van der Waals surface area contributed by atoms with Gasteiger partial charge in [0, 0.05) is 44.3 Å². The van der Waals surface area contributed by atoms with Crippen LogP contribution in [-0.4, -0.2) is 34.6 Å². The minimum atomic E-state index is -0.743. The lowest BCUT2D eigenvalue weighted by Crippen LogP contribution is -2.49. The van der Waals surface area contributed by atoms with Crippen LogP contribution in [0.1, 0.15) is 88.6 Å². The van der Waals surface area contributed by atoms with Crippen LogP contribution in [0.25, 0.3) is 5.76 Å². The van der Waals surface area contributed by atoms with Gasteiger partial charge in [0.2, 0.25) is 5.91 Å². The Bertz CT molecular complexity index is 1360. The minimum absolute atomic E-state index is 0.0736. The second-order valence-electron chi connectivity index (χ2n) is 11.6. The van der Waals surface area contributed by atoms with Gasteiger partial charge in [-0.1, -0.05) is 60.7 Å². The number of hydrogen-bond acceptors (Lipinski definition) is 5. The molecule has 0 radical (unpaired) electrons. The van der Waals surface area contributed by atoms with E-state index in [9.17, 15) is 14.4 Å². The highest BCUT2D eigenvalue weighted by Crippen LogP contribution is 2.27. The predicted octanol–water partition coefficient (Wildman–Crippen LogP) is 7.22. The molecule has 3 aromatic rings. The van der Waals surface area contributed by atoms with Crippen LogP contribution in [0.3, 0.4) is 0 Å². The third kappa shape index (κ3) is 11.9. The van der Waals surface area contributed by atoms with E-state index in [4.69, 9.17) is 9.47 Å². The maximum absolute atomic E-state index is 13.1. The van der Waals surface area contributed by atoms with Crippen molar-refractivity contribution in [1.29, 1.82) is 0 Å². The first-order valence-corrected chi connectivity index (χ1v) is 15.8. The molecule has 1 N–H and O–H groups in total. The summed E-state index contributed by atoms with van der Waals surface area (Å²) in [4.78, 5) is 36.6. The number of esters is 2. The molecule has 0 aliphatic rings. The number of benzene rings is 2. The van der Waals surface area contributed by atoms with Crippen LogP contribution in [0.5, 0.6) is 0 Å². The summed E-state index contributed by atoms with van der Waals surface area (Å²) in [6, 6.07) is 22.7. The second kappa shape index (κ2) is 17.9. The van der Waals surface area contributed by atoms with E-state index in [2.05, 4.69) is 41.1 Å². The van der Waals surface area contributed by atoms with E-state index >= 15 is 0 Å². The number of allylic oxidation sites excluding steroid dienone is 1. The van der Waals surface area contributed by atoms with Crippen molar-refractivity contribution >= 4 is 23.6 Å². The van der Waals surface area contributed by atoms with Gasteiger partial charge in [-0.25, -0.2) is 0 Å². The number of aromatic nitrogens is 1. The first-order valence-electron chi connectivity index (χ1n) is 15.8. The van der Waals surface area contributed by atoms with Crippen molar-refractivity contribution in [2.75, 3.05) is 6.61 Å². The lowest BCUT2D eigenvalue weighted by molar-refractivity contribution is -0.144. The number of carbonyl (C=O) groups is 3. The zero-order chi connectivity index (χ0) is 31.8. The van der Waals surface area contributed by atoms with Gasteiger partial charge in [0.05, 0.1) is 5.54 Å². The van der Waals surface area contributed by atoms with Crippen LogP contribution in [-0.2, 0) is 49.7 Å². The average molecular weight is 601 g/mol. The molecule has 0 aliphatic carbocycles. The topological polar surface area (TPSA) is 86.6 Å². The number of nitrogens with one attached hydrogen (secondary N) is 1. The Hall–Kier alpha value is -4.13. The van der Waals surface area contributed by atoms with E-state index in [1.165, 1.54) is 25.0 Å². The summed E-state index contributed by atoms with van der Waals surface area (Å²) in [5.74, 6) is -0.239. The van der Waals surface area contributed by atoms with Gasteiger partial charge in [-0.2, -0.15) is 0 Å². The molecule has 0 aliphatic heterocycles. The largest absolute Gasteiger partial charge is 0.463 e. The van der Waals surface area contributed by atoms with Crippen molar-refractivity contribution < 1.29 is 23.9 Å². The number of ether oxygens (including phenoxy) is 2. The number of amides is 1. The van der Waals surface area contributed by atoms with Crippen molar-refractivity contribution in [3.8, 4) is 0 Å². The van der Waals surface area contributed by atoms with E-state index in [-0.39, 0.29) is 18.5 Å². The summed E-state index contributed by atoms with van der Waals surface area (Å²) in [7, 11) is 0. The molecular formula is C37H48N2O5. The van der Waals surface area contributed by atoms with E-state index in [1.807, 2.05) is 61.7 Å². The summed E-state index contributed by atoms with van der Waals surface area (Å²) in [6.07, 6.45) is 10.7. The monoisotopic (exact) mass is 600 g/mol. The molecule has 3 rings (SSSR count). The highest BCUT2D eigenvalue weighted by atomic mass is 16.5. The van der Waals surface area contributed by atoms with Gasteiger partial charge in [0.1, 0.15) is 12.4 Å². The van der Waals surface area contributed by atoms with Gasteiger partial charge >= 0.3 is 11.9 Å². The fourth-order valence-electron chi connectivity index (χ4n) is 5.36. The van der Waals surface area contributed by atoms with Crippen LogP contribution in [0.15, 0.2) is 79.0 Å². The van der Waals surface area contributed by atoms with Gasteiger partial charge in [-0.05, 0) is 88.5 Å². The maximum Gasteiger partial charge on any atom is 0.311 e. The molecule has 0 saturated carbocycles. The van der Waals surface area contributed by atoms with Crippen molar-refractivity contribution in [2.24, 2.45) is 0 Å². The van der Waals surface area contributed by atoms with E-state index in [1.54, 1.807) is 0 Å². The Balaban J connectivity index is 1.76. The molecule has 0 bridgehead atoms. The molecule has 0 fully saturated rings. The van der Waals surface area contributed by atoms with Crippen molar-refractivity contribution in [3.05, 3.63) is 101 Å². The van der Waals surface area contributed by atoms with E-state index in [0.29, 0.717) is 25.0 Å². The van der Waals surface area contributed by atoms with Crippen molar-refractivity contribution in [1.82, 2.24) is 9.88 Å². The standard InChI is InChI=1S/C37H48N2O5/c1-5-39-27-25-33(34(39)24-26-37(4,38-29(2)40)28-43-30(3)41)35(22-14-12-20-31-16-8-6-9-17-31)44-36(42)23-15-13-21-32-18-10-7-11-19-32/h6-11,16-19,22,25,27H,5,12-15,20-21,23-24,26,28H2,1-4H3,(H,38,40)/t37-/m1/s1. The Labute approximate surface area is 262 Å². The lowest BCUT2D eigenvalue weighted by atomic mass is 9.94. The Morgan fingerprint density at radius 2 is 1.50 bits per heavy atom. The van der Waals surface area contributed by atoms with Gasteiger partial charge in [0.25, 0.3) is 0 Å². The summed E-state index contributed by atoms with van der Waals surface area (Å²) >= 11 is 0. The van der Waals surface area contributed by atoms with Crippen LogP contribution < -0.4 is 5.32 Å². The fourth-order valence-corrected chi connectivity index (χ4v) is 5.36. The van der Waals surface area contributed by atoms with Gasteiger partial charge < -0.3 is 19.4 Å². The van der Waals surface area contributed by atoms with Gasteiger partial charge in [-0.3, -0.25) is 14.4 Å². The normalized spacial score (nSPS) is 12.8. The fraction of sp³-hybridized carbons (Fsp3) is 0.432. The second-order valence-corrected chi connectivity index (χ2v) is 11.6. The highest BCUT2D eigenvalue weighted by Gasteiger charge is 2.28. The van der Waals surface area contributed by atoms with E-state index < -0.39 is 11.5 Å². The maximum atomic E-state index is 13.1. The first-order chi connectivity index (χ1) is 21.2. The SMILES string of the molecule is CCn1ccc(C(=CCCCc2ccccc2)OC(=O)CCCCc2ccccc2)c1CC[C@](C)(COC(C)=O)NC(C)=O. The zero-order valence-corrected chi connectivity index (χ0v) is 26.8. The summed E-state index contributed by atoms with van der Waals surface area (Å²) in [6.45, 7) is 7.59. The molecule has 2 aromatic carbocycles. The van der Waals surface area contributed by atoms with E-state index in [0.717, 1.165) is 56.3 Å². The molecule has 0 saturated heterocycles. The number of aryl methyl sites for hydroxylation is 3. The van der Waals surface area contributed by atoms with Crippen molar-refractivity contribution in [2.45, 2.75) is 97.6 Å². The molecule has 7 heteroatoms. The molecule has 1 amide bonds. The Kier molecular flexibility index (Phi) is 13.9. The third-order valence-corrected chi connectivity index (χ3v) is 7.68. The molecule has 1 heterocycles. The number of unbranched alkanes of at least 4 members (excludes halogenated alkanes) is 2. The van der Waals surface area contributed by atoms with Crippen molar-refractivity contribution in [3.63, 3.8) is 0 Å². The average Bonchev–Trinajstić information content (AvgIpc) is 3.42. The smallest absolute Gasteiger partial charge is 0.311 e. The quantitative estimate of drug-likeness (QED) is 0.0947. The minimum Gasteiger partial charge on any atom is -0.463 e. The number of rotatable bonds is 18. The van der Waals surface area contributed by atoms with Gasteiger partial charge in [-0.15, -0.1) is 0 Å². The summed E-state index contributed by atoms with van der Waals surface area (Å²) < 4.78 is 13.5. The van der Waals surface area contributed by atoms with Gasteiger partial charge in [0.15, 0.2) is 0 Å². The predicted molar refractivity (Wildman–Crippen MR) is 175 cm³/mol. The number of carbonyl (C=O) groups excluding carboxylic acids is 3. The first kappa shape index (κ1) is 34.4. The summed E-state index contributed by atoms with van der Waals surface area (Å²) in [5, 5.41) is 2.96. The number of hydrogen-bond donors (Lipinski definition) is 1. The lowest BCUT2D eigenvalue weighted by Gasteiger charge is -2.30. The third-order valence-electron chi connectivity index (χ3n) is 7.68.